The molecular formula is C15H16N6OS2. The molecule has 2 aromatic heterocycles. The molecule has 0 aliphatic rings. The highest BCUT2D eigenvalue weighted by Crippen LogP contribution is 2.27. The lowest BCUT2D eigenvalue weighted by atomic mass is 10.2. The van der Waals surface area contributed by atoms with Crippen LogP contribution in [-0.2, 0) is 4.79 Å². The molecule has 124 valence electrons. The fourth-order valence-corrected chi connectivity index (χ4v) is 3.82. The maximum atomic E-state index is 12.0. The highest BCUT2D eigenvalue weighted by molar-refractivity contribution is 7.99. The van der Waals surface area contributed by atoms with Gasteiger partial charge in [-0.1, -0.05) is 29.2 Å². The number of nitrogens with one attached hydrogen (secondary N) is 1. The van der Waals surface area contributed by atoms with E-state index in [2.05, 4.69) is 26.3 Å². The molecule has 0 fully saturated rings. The molecule has 5 N–H and O–H groups in total. The van der Waals surface area contributed by atoms with Gasteiger partial charge in [0.15, 0.2) is 10.3 Å². The number of rotatable bonds is 5. The number of nitrogen functional groups attached to an aromatic ring is 2. The smallest absolute Gasteiger partial charge is 0.226 e. The molecule has 0 bridgehead atoms. The van der Waals surface area contributed by atoms with Crippen LogP contribution >= 0.6 is 23.1 Å². The predicted octanol–water partition coefficient (Wildman–Crippen LogP) is 2.68. The van der Waals surface area contributed by atoms with E-state index in [0.29, 0.717) is 34.1 Å². The number of carbonyl (C=O) groups excluding carboxylic acids is 1. The Morgan fingerprint density at radius 1 is 1.21 bits per heavy atom. The largest absolute Gasteiger partial charge is 0.383 e. The van der Waals surface area contributed by atoms with Crippen LogP contribution in [0.4, 0.5) is 16.8 Å². The van der Waals surface area contributed by atoms with E-state index in [4.69, 9.17) is 11.5 Å². The first-order valence-corrected chi connectivity index (χ1v) is 9.00. The molecule has 3 aromatic rings. The van der Waals surface area contributed by atoms with Gasteiger partial charge in [-0.25, -0.2) is 15.0 Å². The SMILES string of the molecule is Cc1ccc2nc(NC(=O)CCSc3nc(N)cc(N)n3)sc2c1. The van der Waals surface area contributed by atoms with E-state index in [-0.39, 0.29) is 5.91 Å². The maximum absolute atomic E-state index is 12.0. The Bertz CT molecular complexity index is 875. The Hall–Kier alpha value is -2.39. The first kappa shape index (κ1) is 16.5. The van der Waals surface area contributed by atoms with Crippen molar-refractivity contribution in [3.8, 4) is 0 Å². The van der Waals surface area contributed by atoms with Gasteiger partial charge in [-0.3, -0.25) is 4.79 Å². The summed E-state index contributed by atoms with van der Waals surface area (Å²) < 4.78 is 1.06. The van der Waals surface area contributed by atoms with Crippen LogP contribution in [0.2, 0.25) is 0 Å². The van der Waals surface area contributed by atoms with E-state index in [9.17, 15) is 4.79 Å². The quantitative estimate of drug-likeness (QED) is 0.472. The van der Waals surface area contributed by atoms with Gasteiger partial charge in [-0.15, -0.1) is 0 Å². The zero-order chi connectivity index (χ0) is 17.1. The Balaban J connectivity index is 1.55. The van der Waals surface area contributed by atoms with Crippen LogP contribution in [0.3, 0.4) is 0 Å². The molecule has 7 nitrogen and oxygen atoms in total. The highest BCUT2D eigenvalue weighted by Gasteiger charge is 2.09. The minimum Gasteiger partial charge on any atom is -0.383 e. The fourth-order valence-electron chi connectivity index (χ4n) is 2.03. The molecule has 0 atom stereocenters. The van der Waals surface area contributed by atoms with Crippen LogP contribution in [0.1, 0.15) is 12.0 Å². The van der Waals surface area contributed by atoms with Crippen molar-refractivity contribution in [2.45, 2.75) is 18.5 Å². The number of carbonyl (C=O) groups is 1. The van der Waals surface area contributed by atoms with Gasteiger partial charge in [0.25, 0.3) is 0 Å². The molecule has 2 heterocycles. The lowest BCUT2D eigenvalue weighted by Gasteiger charge is -2.03. The molecule has 0 saturated heterocycles. The average molecular weight is 360 g/mol. The van der Waals surface area contributed by atoms with Crippen LogP contribution in [0.25, 0.3) is 10.2 Å². The summed E-state index contributed by atoms with van der Waals surface area (Å²) in [5, 5.41) is 3.90. The van der Waals surface area contributed by atoms with Crippen molar-refractivity contribution in [3.05, 3.63) is 29.8 Å². The van der Waals surface area contributed by atoms with Crippen LogP contribution in [0.15, 0.2) is 29.4 Å². The molecule has 0 saturated carbocycles. The Labute approximate surface area is 146 Å². The summed E-state index contributed by atoms with van der Waals surface area (Å²) in [5.74, 6) is 1.06. The number of aromatic nitrogens is 3. The van der Waals surface area contributed by atoms with E-state index in [1.807, 2.05) is 19.1 Å². The Kier molecular flexibility index (Phi) is 4.81. The fraction of sp³-hybridized carbons (Fsp3) is 0.200. The van der Waals surface area contributed by atoms with Crippen LogP contribution < -0.4 is 16.8 Å². The number of hydrogen-bond acceptors (Lipinski definition) is 8. The number of thiazole rings is 1. The maximum Gasteiger partial charge on any atom is 0.226 e. The lowest BCUT2D eigenvalue weighted by molar-refractivity contribution is -0.115. The molecule has 0 spiro atoms. The summed E-state index contributed by atoms with van der Waals surface area (Å²) in [6.07, 6.45) is 0.317. The molecule has 1 amide bonds. The number of benzene rings is 1. The standard InChI is InChI=1S/C15H16N6OS2/c1-8-2-3-9-10(6-8)24-15(18-9)21-13(22)4-5-23-14-19-11(16)7-12(17)20-14/h2-3,6-7H,4-5H2,1H3,(H,18,21,22)(H4,16,17,19,20). The van der Waals surface area contributed by atoms with Crippen molar-refractivity contribution in [2.75, 3.05) is 22.5 Å². The summed E-state index contributed by atoms with van der Waals surface area (Å²) in [6, 6.07) is 7.50. The molecule has 9 heteroatoms. The number of aryl methyl sites for hydroxylation is 1. The molecule has 3 rings (SSSR count). The highest BCUT2D eigenvalue weighted by atomic mass is 32.2. The first-order chi connectivity index (χ1) is 11.5. The van der Waals surface area contributed by atoms with Crippen LogP contribution in [0, 0.1) is 6.92 Å². The molecule has 0 unspecified atom stereocenters. The van der Waals surface area contributed by atoms with E-state index < -0.39 is 0 Å². The molecule has 0 aliphatic carbocycles. The second-order valence-electron chi connectivity index (χ2n) is 5.14. The van der Waals surface area contributed by atoms with Gasteiger partial charge >= 0.3 is 0 Å². The summed E-state index contributed by atoms with van der Waals surface area (Å²) in [4.78, 5) is 24.6. The first-order valence-electron chi connectivity index (χ1n) is 7.19. The molecule has 0 aliphatic heterocycles. The van der Waals surface area contributed by atoms with Gasteiger partial charge in [0.2, 0.25) is 5.91 Å². The van der Waals surface area contributed by atoms with Crippen molar-refractivity contribution in [2.24, 2.45) is 0 Å². The third-order valence-corrected chi connectivity index (χ3v) is 4.88. The summed E-state index contributed by atoms with van der Waals surface area (Å²) >= 11 is 2.80. The number of thioether (sulfide) groups is 1. The lowest BCUT2D eigenvalue weighted by Crippen LogP contribution is -2.12. The Morgan fingerprint density at radius 2 is 1.96 bits per heavy atom. The van der Waals surface area contributed by atoms with Gasteiger partial charge in [0, 0.05) is 18.2 Å². The Morgan fingerprint density at radius 3 is 2.71 bits per heavy atom. The summed E-state index contributed by atoms with van der Waals surface area (Å²) in [5.41, 5.74) is 13.3. The van der Waals surface area contributed by atoms with Crippen LogP contribution in [0.5, 0.6) is 0 Å². The minimum absolute atomic E-state index is 0.102. The van der Waals surface area contributed by atoms with E-state index in [0.717, 1.165) is 10.2 Å². The minimum atomic E-state index is -0.102. The number of nitrogens with two attached hydrogens (primary N) is 2. The van der Waals surface area contributed by atoms with Crippen molar-refractivity contribution < 1.29 is 4.79 Å². The average Bonchev–Trinajstić information content (AvgIpc) is 2.87. The molecular weight excluding hydrogens is 344 g/mol. The number of anilines is 3. The van der Waals surface area contributed by atoms with Crippen molar-refractivity contribution in [1.29, 1.82) is 0 Å². The second-order valence-corrected chi connectivity index (χ2v) is 7.23. The summed E-state index contributed by atoms with van der Waals surface area (Å²) in [6.45, 7) is 2.03. The van der Waals surface area contributed by atoms with Gasteiger partial charge < -0.3 is 16.8 Å². The van der Waals surface area contributed by atoms with Gasteiger partial charge in [0.1, 0.15) is 11.6 Å². The zero-order valence-electron chi connectivity index (χ0n) is 12.9. The molecule has 1 aromatic carbocycles. The predicted molar refractivity (Wildman–Crippen MR) is 99.2 cm³/mol. The molecule has 0 radical (unpaired) electrons. The second kappa shape index (κ2) is 7.02. The van der Waals surface area contributed by atoms with Crippen LogP contribution in [-0.4, -0.2) is 26.6 Å². The normalized spacial score (nSPS) is 10.9. The van der Waals surface area contributed by atoms with Gasteiger partial charge in [-0.05, 0) is 24.6 Å². The summed E-state index contributed by atoms with van der Waals surface area (Å²) in [7, 11) is 0. The third kappa shape index (κ3) is 4.12. The van der Waals surface area contributed by atoms with E-state index >= 15 is 0 Å². The van der Waals surface area contributed by atoms with E-state index in [1.54, 1.807) is 0 Å². The van der Waals surface area contributed by atoms with Crippen molar-refractivity contribution in [1.82, 2.24) is 15.0 Å². The van der Waals surface area contributed by atoms with Crippen molar-refractivity contribution in [3.63, 3.8) is 0 Å². The zero-order valence-corrected chi connectivity index (χ0v) is 14.6. The third-order valence-electron chi connectivity index (χ3n) is 3.10. The number of amides is 1. The van der Waals surface area contributed by atoms with E-state index in [1.165, 1.54) is 34.7 Å². The van der Waals surface area contributed by atoms with Crippen molar-refractivity contribution >= 4 is 56.0 Å². The van der Waals surface area contributed by atoms with Gasteiger partial charge in [0.05, 0.1) is 10.2 Å². The number of fused-ring (bicyclic) bond motifs is 1. The number of nitrogens with zero attached hydrogens (tertiary/aromatic N) is 3. The number of hydrogen-bond donors (Lipinski definition) is 3. The topological polar surface area (TPSA) is 120 Å². The van der Waals surface area contributed by atoms with Gasteiger partial charge in [-0.2, -0.15) is 0 Å². The monoisotopic (exact) mass is 360 g/mol. The molecule has 24 heavy (non-hydrogen) atoms.